The molecule has 0 amide bonds. The molecule has 1 unspecified atom stereocenters. The average Bonchev–Trinajstić information content (AvgIpc) is 3.46. The normalized spacial score (nSPS) is 16.5. The maximum atomic E-state index is 4.76. The number of hydrogen-bond acceptors (Lipinski definition) is 4. The first-order valence-corrected chi connectivity index (χ1v) is 11.1. The highest BCUT2D eigenvalue weighted by molar-refractivity contribution is 14.0. The van der Waals surface area contributed by atoms with Crippen LogP contribution in [0.25, 0.3) is 5.69 Å². The lowest BCUT2D eigenvalue weighted by molar-refractivity contribution is 0.245. The third-order valence-electron chi connectivity index (χ3n) is 5.61. The number of aliphatic imine (C=N–C) groups is 1. The molecule has 0 aliphatic carbocycles. The second-order valence-corrected chi connectivity index (χ2v) is 7.78. The predicted molar refractivity (Wildman–Crippen MR) is 139 cm³/mol. The van der Waals surface area contributed by atoms with Crippen LogP contribution >= 0.6 is 24.0 Å². The SMILES string of the molecule is CCNC(=NCc1nncn1-c1ccccc1)NCC1CCCN1Cc1ccccc1.I. The Morgan fingerprint density at radius 1 is 1.06 bits per heavy atom. The Bertz CT molecular complexity index is 959. The molecule has 32 heavy (non-hydrogen) atoms. The van der Waals surface area contributed by atoms with E-state index >= 15 is 0 Å². The van der Waals surface area contributed by atoms with Crippen LogP contribution in [0.4, 0.5) is 0 Å². The van der Waals surface area contributed by atoms with Crippen LogP contribution in [0.3, 0.4) is 0 Å². The van der Waals surface area contributed by atoms with Gasteiger partial charge in [0.05, 0.1) is 0 Å². The predicted octanol–water partition coefficient (Wildman–Crippen LogP) is 3.61. The molecule has 170 valence electrons. The lowest BCUT2D eigenvalue weighted by Gasteiger charge is -2.25. The standard InChI is InChI=1S/C24H31N7.HI/c1-2-25-24(27-17-23-29-28-19-31(23)21-12-7-4-8-13-21)26-16-22-14-9-15-30(22)18-20-10-5-3-6-11-20;/h3-8,10-13,19,22H,2,9,14-18H2,1H3,(H2,25,26,27);1H. The number of halogens is 1. The minimum absolute atomic E-state index is 0. The highest BCUT2D eigenvalue weighted by Gasteiger charge is 2.24. The van der Waals surface area contributed by atoms with Crippen molar-refractivity contribution in [1.29, 1.82) is 0 Å². The van der Waals surface area contributed by atoms with E-state index in [1.54, 1.807) is 6.33 Å². The zero-order chi connectivity index (χ0) is 21.3. The van der Waals surface area contributed by atoms with Gasteiger partial charge in [-0.15, -0.1) is 34.2 Å². The number of para-hydroxylation sites is 1. The highest BCUT2D eigenvalue weighted by atomic mass is 127. The Balaban J connectivity index is 0.00000289. The van der Waals surface area contributed by atoms with Crippen LogP contribution < -0.4 is 10.6 Å². The summed E-state index contributed by atoms with van der Waals surface area (Å²) >= 11 is 0. The quantitative estimate of drug-likeness (QED) is 0.257. The summed E-state index contributed by atoms with van der Waals surface area (Å²) in [5.74, 6) is 1.63. The number of nitrogens with one attached hydrogen (secondary N) is 2. The number of nitrogens with zero attached hydrogens (tertiary/aromatic N) is 5. The van der Waals surface area contributed by atoms with Crippen LogP contribution in [0.2, 0.25) is 0 Å². The van der Waals surface area contributed by atoms with Crippen LogP contribution in [0.15, 0.2) is 72.0 Å². The van der Waals surface area contributed by atoms with Crippen LogP contribution in [0, 0.1) is 0 Å². The average molecular weight is 545 g/mol. The Hall–Kier alpha value is -2.46. The Morgan fingerprint density at radius 3 is 2.56 bits per heavy atom. The van der Waals surface area contributed by atoms with E-state index in [4.69, 9.17) is 4.99 Å². The minimum atomic E-state index is 0. The summed E-state index contributed by atoms with van der Waals surface area (Å²) in [5.41, 5.74) is 2.41. The molecule has 1 aliphatic heterocycles. The fraction of sp³-hybridized carbons (Fsp3) is 0.375. The molecule has 4 rings (SSSR count). The van der Waals surface area contributed by atoms with E-state index in [-0.39, 0.29) is 24.0 Å². The maximum Gasteiger partial charge on any atom is 0.191 e. The molecule has 7 nitrogen and oxygen atoms in total. The van der Waals surface area contributed by atoms with E-state index < -0.39 is 0 Å². The first-order chi connectivity index (χ1) is 15.3. The molecule has 1 saturated heterocycles. The van der Waals surface area contributed by atoms with Gasteiger partial charge in [0.2, 0.25) is 0 Å². The minimum Gasteiger partial charge on any atom is -0.357 e. The van der Waals surface area contributed by atoms with Gasteiger partial charge in [0.15, 0.2) is 11.8 Å². The molecule has 2 N–H and O–H groups in total. The van der Waals surface area contributed by atoms with E-state index in [9.17, 15) is 0 Å². The Labute approximate surface area is 207 Å². The summed E-state index contributed by atoms with van der Waals surface area (Å²) in [6.45, 7) is 6.39. The molecule has 3 aromatic rings. The number of aromatic nitrogens is 3. The van der Waals surface area contributed by atoms with Crippen molar-refractivity contribution in [3.05, 3.63) is 78.4 Å². The fourth-order valence-electron chi connectivity index (χ4n) is 4.03. The maximum absolute atomic E-state index is 4.76. The van der Waals surface area contributed by atoms with Crippen molar-refractivity contribution in [1.82, 2.24) is 30.3 Å². The van der Waals surface area contributed by atoms with Crippen LogP contribution in [0.1, 0.15) is 31.2 Å². The summed E-state index contributed by atoms with van der Waals surface area (Å²) in [5, 5.41) is 15.2. The molecule has 0 saturated carbocycles. The van der Waals surface area contributed by atoms with Gasteiger partial charge in [-0.1, -0.05) is 48.5 Å². The largest absolute Gasteiger partial charge is 0.357 e. The van der Waals surface area contributed by atoms with Crippen molar-refractivity contribution >= 4 is 29.9 Å². The highest BCUT2D eigenvalue weighted by Crippen LogP contribution is 2.19. The third kappa shape index (κ3) is 6.52. The van der Waals surface area contributed by atoms with Gasteiger partial charge in [-0.05, 0) is 44.0 Å². The van der Waals surface area contributed by atoms with Crippen molar-refractivity contribution in [3.8, 4) is 5.69 Å². The molecule has 0 radical (unpaired) electrons. The third-order valence-corrected chi connectivity index (χ3v) is 5.61. The Morgan fingerprint density at radius 2 is 1.81 bits per heavy atom. The molecule has 1 aliphatic rings. The van der Waals surface area contributed by atoms with Crippen molar-refractivity contribution in [2.45, 2.75) is 38.9 Å². The number of benzene rings is 2. The van der Waals surface area contributed by atoms with Crippen LogP contribution in [-0.4, -0.2) is 51.3 Å². The molecule has 8 heteroatoms. The lowest BCUT2D eigenvalue weighted by atomic mass is 10.2. The molecule has 1 fully saturated rings. The van der Waals surface area contributed by atoms with E-state index in [1.165, 1.54) is 18.4 Å². The van der Waals surface area contributed by atoms with Crippen LogP contribution in [0.5, 0.6) is 0 Å². The van der Waals surface area contributed by atoms with Crippen molar-refractivity contribution in [3.63, 3.8) is 0 Å². The number of likely N-dealkylation sites (tertiary alicyclic amines) is 1. The number of guanidine groups is 1. The topological polar surface area (TPSA) is 70.4 Å². The molecular formula is C24H32IN7. The molecule has 2 aromatic carbocycles. The van der Waals surface area contributed by atoms with E-state index in [0.29, 0.717) is 12.6 Å². The van der Waals surface area contributed by atoms with Gasteiger partial charge in [-0.2, -0.15) is 0 Å². The fourth-order valence-corrected chi connectivity index (χ4v) is 4.03. The second-order valence-electron chi connectivity index (χ2n) is 7.78. The molecule has 0 spiro atoms. The van der Waals surface area contributed by atoms with Crippen molar-refractivity contribution in [2.75, 3.05) is 19.6 Å². The summed E-state index contributed by atoms with van der Waals surface area (Å²) < 4.78 is 1.98. The molecule has 1 aromatic heterocycles. The zero-order valence-electron chi connectivity index (χ0n) is 18.5. The van der Waals surface area contributed by atoms with Gasteiger partial charge in [-0.3, -0.25) is 9.47 Å². The first kappa shape index (κ1) is 24.2. The first-order valence-electron chi connectivity index (χ1n) is 11.1. The van der Waals surface area contributed by atoms with Gasteiger partial charge in [0.1, 0.15) is 12.9 Å². The molecular weight excluding hydrogens is 513 g/mol. The molecule has 2 heterocycles. The number of hydrogen-bond donors (Lipinski definition) is 2. The Kier molecular flexibility index (Phi) is 9.48. The van der Waals surface area contributed by atoms with Gasteiger partial charge in [-0.25, -0.2) is 4.99 Å². The summed E-state index contributed by atoms with van der Waals surface area (Å²) in [7, 11) is 0. The zero-order valence-corrected chi connectivity index (χ0v) is 20.9. The van der Waals surface area contributed by atoms with Gasteiger partial charge in [0, 0.05) is 31.4 Å². The molecule has 0 bridgehead atoms. The lowest BCUT2D eigenvalue weighted by Crippen LogP contribution is -2.44. The van der Waals surface area contributed by atoms with Crippen LogP contribution in [-0.2, 0) is 13.1 Å². The summed E-state index contributed by atoms with van der Waals surface area (Å²) in [6.07, 6.45) is 4.19. The van der Waals surface area contributed by atoms with E-state index in [2.05, 4.69) is 63.0 Å². The second kappa shape index (κ2) is 12.5. The van der Waals surface area contributed by atoms with Gasteiger partial charge >= 0.3 is 0 Å². The van der Waals surface area contributed by atoms with E-state index in [0.717, 1.165) is 43.7 Å². The summed E-state index contributed by atoms with van der Waals surface area (Å²) in [4.78, 5) is 7.33. The number of rotatable bonds is 8. The van der Waals surface area contributed by atoms with Crippen molar-refractivity contribution in [2.24, 2.45) is 4.99 Å². The van der Waals surface area contributed by atoms with E-state index in [1.807, 2.05) is 34.9 Å². The summed E-state index contributed by atoms with van der Waals surface area (Å²) in [6, 6.07) is 21.3. The van der Waals surface area contributed by atoms with Crippen molar-refractivity contribution < 1.29 is 0 Å². The smallest absolute Gasteiger partial charge is 0.191 e. The van der Waals surface area contributed by atoms with Gasteiger partial charge < -0.3 is 10.6 Å². The van der Waals surface area contributed by atoms with Gasteiger partial charge in [0.25, 0.3) is 0 Å². The monoisotopic (exact) mass is 545 g/mol. The molecule has 1 atom stereocenters.